The van der Waals surface area contributed by atoms with Crippen molar-refractivity contribution < 1.29 is 14.3 Å². The average Bonchev–Trinajstić information content (AvgIpc) is 2.99. The Bertz CT molecular complexity index is 671. The van der Waals surface area contributed by atoms with Gasteiger partial charge in [0.05, 0.1) is 0 Å². The number of carbonyl (C=O) groups is 2. The van der Waals surface area contributed by atoms with E-state index in [1.165, 1.54) is 6.42 Å². The molecule has 28 heavy (non-hydrogen) atoms. The van der Waals surface area contributed by atoms with E-state index in [1.54, 1.807) is 6.07 Å². The maximum absolute atomic E-state index is 13.0. The summed E-state index contributed by atoms with van der Waals surface area (Å²) in [5.74, 6) is 0.648. The lowest BCUT2D eigenvalue weighted by molar-refractivity contribution is -0.134. The number of amides is 2. The summed E-state index contributed by atoms with van der Waals surface area (Å²) in [5, 5.41) is 0. The summed E-state index contributed by atoms with van der Waals surface area (Å²) < 4.78 is 5.71. The summed E-state index contributed by atoms with van der Waals surface area (Å²) in [6.45, 7) is 3.22. The molecule has 0 aromatic heterocycles. The highest BCUT2D eigenvalue weighted by Gasteiger charge is 2.24. The van der Waals surface area contributed by atoms with E-state index in [0.717, 1.165) is 58.3 Å². The smallest absolute Gasteiger partial charge is 0.260 e. The maximum atomic E-state index is 13.0. The van der Waals surface area contributed by atoms with Crippen LogP contribution in [0.5, 0.6) is 5.75 Å². The van der Waals surface area contributed by atoms with Gasteiger partial charge in [0.2, 0.25) is 0 Å². The number of likely N-dealkylation sites (tertiary alicyclic amines) is 2. The molecule has 3 rings (SSSR count). The lowest BCUT2D eigenvalue weighted by Crippen LogP contribution is -2.41. The molecule has 6 heteroatoms. The molecular weight excluding hydrogens is 354 g/mol. The van der Waals surface area contributed by atoms with E-state index in [2.05, 4.69) is 19.0 Å². The van der Waals surface area contributed by atoms with Crippen LogP contribution < -0.4 is 4.74 Å². The molecule has 0 aliphatic carbocycles. The van der Waals surface area contributed by atoms with Crippen LogP contribution >= 0.6 is 0 Å². The van der Waals surface area contributed by atoms with Gasteiger partial charge in [-0.25, -0.2) is 0 Å². The fourth-order valence-electron chi connectivity index (χ4n) is 4.01. The van der Waals surface area contributed by atoms with E-state index in [0.29, 0.717) is 17.4 Å². The van der Waals surface area contributed by atoms with E-state index in [9.17, 15) is 9.59 Å². The molecule has 2 heterocycles. The molecule has 2 aliphatic rings. The lowest BCUT2D eigenvalue weighted by Gasteiger charge is -2.28. The summed E-state index contributed by atoms with van der Waals surface area (Å²) in [5.41, 5.74) is 0.627. The zero-order valence-corrected chi connectivity index (χ0v) is 17.2. The molecule has 154 valence electrons. The second-order valence-electron chi connectivity index (χ2n) is 8.12. The van der Waals surface area contributed by atoms with Crippen molar-refractivity contribution in [1.82, 2.24) is 14.7 Å². The van der Waals surface area contributed by atoms with Gasteiger partial charge in [0.15, 0.2) is 6.61 Å². The number of nitrogens with zero attached hydrogens (tertiary/aromatic N) is 3. The minimum atomic E-state index is 0.0257. The number of carbonyl (C=O) groups excluding carboxylic acids is 2. The van der Waals surface area contributed by atoms with Gasteiger partial charge in [0.25, 0.3) is 11.8 Å². The Morgan fingerprint density at radius 1 is 1.04 bits per heavy atom. The van der Waals surface area contributed by atoms with Crippen LogP contribution in [0.2, 0.25) is 0 Å². The third-order valence-corrected chi connectivity index (χ3v) is 5.82. The predicted octanol–water partition coefficient (Wildman–Crippen LogP) is 2.63. The van der Waals surface area contributed by atoms with E-state index >= 15 is 0 Å². The minimum absolute atomic E-state index is 0.0257. The largest absolute Gasteiger partial charge is 0.484 e. The molecule has 0 radical (unpaired) electrons. The fourth-order valence-corrected chi connectivity index (χ4v) is 4.01. The Labute approximate surface area is 168 Å². The summed E-state index contributed by atoms with van der Waals surface area (Å²) in [6.07, 6.45) is 6.64. The van der Waals surface area contributed by atoms with Crippen molar-refractivity contribution in [3.05, 3.63) is 29.8 Å². The van der Waals surface area contributed by atoms with E-state index < -0.39 is 0 Å². The van der Waals surface area contributed by atoms with Crippen molar-refractivity contribution in [2.75, 3.05) is 46.9 Å². The zero-order chi connectivity index (χ0) is 19.9. The number of rotatable bonds is 5. The summed E-state index contributed by atoms with van der Waals surface area (Å²) >= 11 is 0. The minimum Gasteiger partial charge on any atom is -0.484 e. The van der Waals surface area contributed by atoms with Crippen LogP contribution in [0.3, 0.4) is 0 Å². The van der Waals surface area contributed by atoms with Crippen LogP contribution in [-0.4, -0.2) is 79.4 Å². The number of benzene rings is 1. The van der Waals surface area contributed by atoms with Crippen LogP contribution in [-0.2, 0) is 4.79 Å². The van der Waals surface area contributed by atoms with Crippen molar-refractivity contribution in [3.63, 3.8) is 0 Å². The molecule has 2 saturated heterocycles. The third kappa shape index (κ3) is 5.47. The standard InChI is InChI=1S/C22H33N3O3/c1-23(2)19-10-4-7-14-25(16-19)22(27)18-9-8-11-20(15-18)28-17-21(26)24-12-5-3-6-13-24/h8-9,11,15,19H,3-7,10,12-14,16-17H2,1-2H3/t19-/m0/s1. The molecule has 0 spiro atoms. The fraction of sp³-hybridized carbons (Fsp3) is 0.636. The molecule has 1 atom stereocenters. The molecule has 6 nitrogen and oxygen atoms in total. The van der Waals surface area contributed by atoms with Crippen molar-refractivity contribution >= 4 is 11.8 Å². The molecule has 2 aliphatic heterocycles. The molecule has 2 fully saturated rings. The molecule has 0 N–H and O–H groups in total. The average molecular weight is 388 g/mol. The number of hydrogen-bond donors (Lipinski definition) is 0. The number of hydrogen-bond acceptors (Lipinski definition) is 4. The maximum Gasteiger partial charge on any atom is 0.260 e. The molecule has 2 amide bonds. The highest BCUT2D eigenvalue weighted by Crippen LogP contribution is 2.19. The highest BCUT2D eigenvalue weighted by molar-refractivity contribution is 5.94. The van der Waals surface area contributed by atoms with Gasteiger partial charge in [-0.2, -0.15) is 0 Å². The van der Waals surface area contributed by atoms with Crippen molar-refractivity contribution in [2.24, 2.45) is 0 Å². The zero-order valence-electron chi connectivity index (χ0n) is 17.2. The predicted molar refractivity (Wildman–Crippen MR) is 110 cm³/mol. The topological polar surface area (TPSA) is 53.1 Å². The summed E-state index contributed by atoms with van der Waals surface area (Å²) in [6, 6.07) is 7.63. The first-order valence-corrected chi connectivity index (χ1v) is 10.5. The van der Waals surface area contributed by atoms with Crippen molar-refractivity contribution in [3.8, 4) is 5.75 Å². The SMILES string of the molecule is CN(C)[C@H]1CCCCN(C(=O)c2cccc(OCC(=O)N3CCCCC3)c2)C1. The van der Waals surface area contributed by atoms with Gasteiger partial charge in [-0.05, 0) is 64.4 Å². The first kappa shape index (κ1) is 20.6. The molecule has 0 unspecified atom stereocenters. The molecule has 1 aromatic carbocycles. The van der Waals surface area contributed by atoms with E-state index in [-0.39, 0.29) is 18.4 Å². The Hall–Kier alpha value is -2.08. The lowest BCUT2D eigenvalue weighted by atomic mass is 10.1. The van der Waals surface area contributed by atoms with Gasteiger partial charge < -0.3 is 19.4 Å². The Balaban J connectivity index is 1.60. The summed E-state index contributed by atoms with van der Waals surface area (Å²) in [4.78, 5) is 31.4. The molecule has 1 aromatic rings. The quantitative estimate of drug-likeness (QED) is 0.779. The van der Waals surface area contributed by atoms with Gasteiger partial charge in [0, 0.05) is 37.8 Å². The van der Waals surface area contributed by atoms with E-state index in [1.807, 2.05) is 28.0 Å². The normalized spacial score (nSPS) is 20.8. The van der Waals surface area contributed by atoms with Gasteiger partial charge in [0.1, 0.15) is 5.75 Å². The Morgan fingerprint density at radius 2 is 1.75 bits per heavy atom. The van der Waals surface area contributed by atoms with Crippen molar-refractivity contribution in [2.45, 2.75) is 44.6 Å². The first-order chi connectivity index (χ1) is 13.5. The van der Waals surface area contributed by atoms with Crippen LogP contribution in [0.25, 0.3) is 0 Å². The van der Waals surface area contributed by atoms with Crippen LogP contribution in [0.15, 0.2) is 24.3 Å². The monoisotopic (exact) mass is 387 g/mol. The van der Waals surface area contributed by atoms with Crippen LogP contribution in [0.4, 0.5) is 0 Å². The Morgan fingerprint density at radius 3 is 2.50 bits per heavy atom. The van der Waals surface area contributed by atoms with Gasteiger partial charge in [-0.3, -0.25) is 9.59 Å². The van der Waals surface area contributed by atoms with Gasteiger partial charge in [-0.1, -0.05) is 12.5 Å². The number of piperidine rings is 1. The number of ether oxygens (including phenoxy) is 1. The highest BCUT2D eigenvalue weighted by atomic mass is 16.5. The van der Waals surface area contributed by atoms with Crippen LogP contribution in [0.1, 0.15) is 48.9 Å². The van der Waals surface area contributed by atoms with E-state index in [4.69, 9.17) is 4.74 Å². The summed E-state index contributed by atoms with van der Waals surface area (Å²) in [7, 11) is 4.15. The first-order valence-electron chi connectivity index (χ1n) is 10.5. The van der Waals surface area contributed by atoms with Gasteiger partial charge >= 0.3 is 0 Å². The molecule has 0 bridgehead atoms. The molecule has 0 saturated carbocycles. The van der Waals surface area contributed by atoms with Crippen LogP contribution in [0, 0.1) is 0 Å². The second-order valence-corrected chi connectivity index (χ2v) is 8.12. The Kier molecular flexibility index (Phi) is 7.31. The third-order valence-electron chi connectivity index (χ3n) is 5.82. The number of likely N-dealkylation sites (N-methyl/N-ethyl adjacent to an activating group) is 1. The second kappa shape index (κ2) is 9.92. The van der Waals surface area contributed by atoms with Crippen molar-refractivity contribution in [1.29, 1.82) is 0 Å². The molecular formula is C22H33N3O3. The van der Waals surface area contributed by atoms with Gasteiger partial charge in [-0.15, -0.1) is 0 Å².